The number of nitrogens with one attached hydrogen (secondary N) is 1. The Balaban J connectivity index is 0.00000300. The molecule has 1 amide bonds. The number of guanidine groups is 1. The van der Waals surface area contributed by atoms with Crippen LogP contribution in [-0.2, 0) is 4.79 Å². The summed E-state index contributed by atoms with van der Waals surface area (Å²) >= 11 is 0. The lowest BCUT2D eigenvalue weighted by molar-refractivity contribution is -0.130. The van der Waals surface area contributed by atoms with E-state index in [9.17, 15) is 4.79 Å². The maximum atomic E-state index is 11.5. The lowest BCUT2D eigenvalue weighted by Crippen LogP contribution is -2.53. The first-order chi connectivity index (χ1) is 13.7. The van der Waals surface area contributed by atoms with E-state index in [1.807, 2.05) is 11.0 Å². The van der Waals surface area contributed by atoms with E-state index in [4.69, 9.17) is 4.99 Å². The summed E-state index contributed by atoms with van der Waals surface area (Å²) in [7, 11) is 0. The lowest BCUT2D eigenvalue weighted by Gasteiger charge is -2.36. The van der Waals surface area contributed by atoms with E-state index in [1.165, 1.54) is 0 Å². The molecule has 0 spiro atoms. The van der Waals surface area contributed by atoms with Crippen molar-refractivity contribution in [1.82, 2.24) is 30.0 Å². The van der Waals surface area contributed by atoms with Crippen LogP contribution in [0.1, 0.15) is 13.8 Å². The number of carbonyl (C=O) groups excluding carboxylic acids is 1. The average Bonchev–Trinajstić information content (AvgIpc) is 2.74. The van der Waals surface area contributed by atoms with Crippen LogP contribution in [0, 0.1) is 0 Å². The molecular formula is C19H33IN8O. The second kappa shape index (κ2) is 12.1. The van der Waals surface area contributed by atoms with Gasteiger partial charge in [0, 0.05) is 84.8 Å². The summed E-state index contributed by atoms with van der Waals surface area (Å²) < 4.78 is 0. The first kappa shape index (κ1) is 23.6. The van der Waals surface area contributed by atoms with Crippen molar-refractivity contribution in [1.29, 1.82) is 0 Å². The zero-order chi connectivity index (χ0) is 19.8. The van der Waals surface area contributed by atoms with Crippen LogP contribution in [0.4, 0.5) is 5.95 Å². The van der Waals surface area contributed by atoms with Gasteiger partial charge in [-0.05, 0) is 13.0 Å². The molecule has 0 bridgehead atoms. The lowest BCUT2D eigenvalue weighted by atomic mass is 10.3. The normalized spacial score (nSPS) is 18.4. The summed E-state index contributed by atoms with van der Waals surface area (Å²) in [5.74, 6) is 1.93. The maximum Gasteiger partial charge on any atom is 0.225 e. The van der Waals surface area contributed by atoms with Gasteiger partial charge in [-0.15, -0.1) is 24.0 Å². The number of aliphatic imine (C=N–C) groups is 1. The van der Waals surface area contributed by atoms with Gasteiger partial charge in [-0.25, -0.2) is 9.97 Å². The number of hydrogen-bond acceptors (Lipinski definition) is 6. The Hall–Kier alpha value is -1.69. The minimum Gasteiger partial charge on any atom is -0.357 e. The van der Waals surface area contributed by atoms with Gasteiger partial charge in [-0.3, -0.25) is 14.7 Å². The number of anilines is 1. The van der Waals surface area contributed by atoms with E-state index in [-0.39, 0.29) is 29.9 Å². The number of hydrogen-bond donors (Lipinski definition) is 1. The highest BCUT2D eigenvalue weighted by atomic mass is 127. The maximum absolute atomic E-state index is 11.5. The summed E-state index contributed by atoms with van der Waals surface area (Å²) in [6.07, 6.45) is 3.59. The third-order valence-electron chi connectivity index (χ3n) is 5.24. The molecule has 2 saturated heterocycles. The zero-order valence-electron chi connectivity index (χ0n) is 17.5. The number of nitrogens with zero attached hydrogens (tertiary/aromatic N) is 7. The van der Waals surface area contributed by atoms with Crippen LogP contribution in [-0.4, -0.2) is 109 Å². The van der Waals surface area contributed by atoms with E-state index >= 15 is 0 Å². The fraction of sp³-hybridized carbons (Fsp3) is 0.684. The summed E-state index contributed by atoms with van der Waals surface area (Å²) in [5.41, 5.74) is 0. The molecule has 2 fully saturated rings. The van der Waals surface area contributed by atoms with E-state index in [0.717, 1.165) is 83.9 Å². The van der Waals surface area contributed by atoms with Crippen molar-refractivity contribution in [3.05, 3.63) is 18.5 Å². The van der Waals surface area contributed by atoms with E-state index in [2.05, 4.69) is 36.9 Å². The standard InChI is InChI=1S/C19H32N8O.HI/c1-3-20-18(27-15-13-25(14-16-27)17(2)28)23-7-8-24-9-11-26(12-10-24)19-21-5-4-6-22-19;/h4-6H,3,7-16H2,1-2H3,(H,20,23);1H. The predicted octanol–water partition coefficient (Wildman–Crippen LogP) is 0.346. The van der Waals surface area contributed by atoms with Gasteiger partial charge in [-0.1, -0.05) is 0 Å². The van der Waals surface area contributed by atoms with Crippen molar-refractivity contribution >= 4 is 41.8 Å². The number of amides is 1. The molecule has 3 heterocycles. The van der Waals surface area contributed by atoms with E-state index in [1.54, 1.807) is 19.3 Å². The molecule has 1 N–H and O–H groups in total. The Morgan fingerprint density at radius 1 is 1.03 bits per heavy atom. The molecule has 1 aromatic rings. The second-order valence-electron chi connectivity index (χ2n) is 7.11. The highest BCUT2D eigenvalue weighted by Gasteiger charge is 2.21. The molecule has 2 aliphatic heterocycles. The Morgan fingerprint density at radius 2 is 1.66 bits per heavy atom. The van der Waals surface area contributed by atoms with Gasteiger partial charge in [0.05, 0.1) is 6.54 Å². The predicted molar refractivity (Wildman–Crippen MR) is 126 cm³/mol. The van der Waals surface area contributed by atoms with Gasteiger partial charge in [0.2, 0.25) is 11.9 Å². The number of carbonyl (C=O) groups is 1. The van der Waals surface area contributed by atoms with Crippen LogP contribution >= 0.6 is 24.0 Å². The molecule has 1 aromatic heterocycles. The van der Waals surface area contributed by atoms with Crippen LogP contribution in [0.3, 0.4) is 0 Å². The van der Waals surface area contributed by atoms with Crippen molar-refractivity contribution < 1.29 is 4.79 Å². The Morgan fingerprint density at radius 3 is 2.24 bits per heavy atom. The quantitative estimate of drug-likeness (QED) is 0.344. The van der Waals surface area contributed by atoms with Gasteiger partial charge in [0.15, 0.2) is 5.96 Å². The fourth-order valence-corrected chi connectivity index (χ4v) is 3.58. The Bertz CT molecular complexity index is 643. The first-order valence-electron chi connectivity index (χ1n) is 10.2. The molecular weight excluding hydrogens is 483 g/mol. The minimum atomic E-state index is 0. The molecule has 29 heavy (non-hydrogen) atoms. The molecule has 0 aromatic carbocycles. The first-order valence-corrected chi connectivity index (χ1v) is 10.2. The van der Waals surface area contributed by atoms with Crippen LogP contribution in [0.25, 0.3) is 0 Å². The van der Waals surface area contributed by atoms with Gasteiger partial charge in [0.1, 0.15) is 0 Å². The van der Waals surface area contributed by atoms with Crippen molar-refractivity contribution in [2.75, 3.05) is 76.9 Å². The highest BCUT2D eigenvalue weighted by Crippen LogP contribution is 2.09. The smallest absolute Gasteiger partial charge is 0.225 e. The van der Waals surface area contributed by atoms with Crippen molar-refractivity contribution in [2.45, 2.75) is 13.8 Å². The number of piperazine rings is 2. The molecule has 0 aliphatic carbocycles. The molecule has 9 nitrogen and oxygen atoms in total. The third kappa shape index (κ3) is 6.95. The van der Waals surface area contributed by atoms with Gasteiger partial charge in [-0.2, -0.15) is 0 Å². The van der Waals surface area contributed by atoms with E-state index < -0.39 is 0 Å². The van der Waals surface area contributed by atoms with E-state index in [0.29, 0.717) is 0 Å². The monoisotopic (exact) mass is 516 g/mol. The molecule has 0 saturated carbocycles. The van der Waals surface area contributed by atoms with Crippen LogP contribution in [0.5, 0.6) is 0 Å². The summed E-state index contributed by atoms with van der Waals surface area (Å²) in [5, 5.41) is 3.39. The summed E-state index contributed by atoms with van der Waals surface area (Å²) in [6.45, 7) is 13.4. The minimum absolute atomic E-state index is 0. The molecule has 0 atom stereocenters. The molecule has 0 unspecified atom stereocenters. The summed E-state index contributed by atoms with van der Waals surface area (Å²) in [6, 6.07) is 1.85. The SMILES string of the molecule is CCNC(=NCCN1CCN(c2ncccn2)CC1)N1CCN(C(C)=O)CC1.I. The number of halogens is 1. The van der Waals surface area contributed by atoms with Crippen LogP contribution in [0.2, 0.25) is 0 Å². The fourth-order valence-electron chi connectivity index (χ4n) is 3.58. The van der Waals surface area contributed by atoms with Gasteiger partial charge in [0.25, 0.3) is 0 Å². The highest BCUT2D eigenvalue weighted by molar-refractivity contribution is 14.0. The molecule has 3 rings (SSSR count). The van der Waals surface area contributed by atoms with Crippen LogP contribution in [0.15, 0.2) is 23.5 Å². The third-order valence-corrected chi connectivity index (χ3v) is 5.24. The second-order valence-corrected chi connectivity index (χ2v) is 7.11. The zero-order valence-corrected chi connectivity index (χ0v) is 19.8. The summed E-state index contributed by atoms with van der Waals surface area (Å²) in [4.78, 5) is 33.8. The molecule has 2 aliphatic rings. The molecule has 0 radical (unpaired) electrons. The molecule has 10 heteroatoms. The number of rotatable bonds is 5. The van der Waals surface area contributed by atoms with Crippen molar-refractivity contribution in [3.63, 3.8) is 0 Å². The largest absolute Gasteiger partial charge is 0.357 e. The Kier molecular flexibility index (Phi) is 9.85. The number of aromatic nitrogens is 2. The Labute approximate surface area is 190 Å². The van der Waals surface area contributed by atoms with Gasteiger partial charge < -0.3 is 20.0 Å². The molecule has 162 valence electrons. The topological polar surface area (TPSA) is 80.2 Å². The average molecular weight is 516 g/mol. The van der Waals surface area contributed by atoms with Crippen molar-refractivity contribution in [2.24, 2.45) is 4.99 Å². The van der Waals surface area contributed by atoms with Crippen LogP contribution < -0.4 is 10.2 Å². The van der Waals surface area contributed by atoms with Gasteiger partial charge >= 0.3 is 0 Å². The van der Waals surface area contributed by atoms with Crippen molar-refractivity contribution in [3.8, 4) is 0 Å².